The van der Waals surface area contributed by atoms with Crippen molar-refractivity contribution in [1.82, 2.24) is 5.32 Å². The van der Waals surface area contributed by atoms with Gasteiger partial charge in [-0.1, -0.05) is 6.42 Å². The van der Waals surface area contributed by atoms with Crippen molar-refractivity contribution in [3.8, 4) is 0 Å². The van der Waals surface area contributed by atoms with Gasteiger partial charge < -0.3 is 15.4 Å². The number of rotatable bonds is 3. The molecule has 1 fully saturated rings. The van der Waals surface area contributed by atoms with Crippen molar-refractivity contribution >= 4 is 17.6 Å². The third-order valence-electron chi connectivity index (χ3n) is 3.27. The van der Waals surface area contributed by atoms with Crippen LogP contribution in [-0.4, -0.2) is 31.6 Å². The molecule has 20 heavy (non-hydrogen) atoms. The number of piperidine rings is 1. The number of anilines is 1. The van der Waals surface area contributed by atoms with Gasteiger partial charge in [-0.3, -0.25) is 4.79 Å². The quantitative estimate of drug-likeness (QED) is 0.827. The van der Waals surface area contributed by atoms with Crippen LogP contribution in [0.3, 0.4) is 0 Å². The molecule has 1 heterocycles. The summed E-state index contributed by atoms with van der Waals surface area (Å²) in [6, 6.07) is 3.42. The summed E-state index contributed by atoms with van der Waals surface area (Å²) in [4.78, 5) is 23.4. The number of carbonyl (C=O) groups is 2. The third kappa shape index (κ3) is 3.33. The van der Waals surface area contributed by atoms with E-state index in [-0.39, 0.29) is 23.2 Å². The fraction of sp³-hybridized carbons (Fsp3) is 0.429. The largest absolute Gasteiger partial charge is 0.465 e. The van der Waals surface area contributed by atoms with Crippen molar-refractivity contribution in [2.24, 2.45) is 0 Å². The summed E-state index contributed by atoms with van der Waals surface area (Å²) in [5, 5.41) is 5.60. The minimum atomic E-state index is -0.582. The topological polar surface area (TPSA) is 67.4 Å². The number of benzene rings is 1. The highest BCUT2D eigenvalue weighted by atomic mass is 19.1. The van der Waals surface area contributed by atoms with Crippen molar-refractivity contribution in [3.05, 3.63) is 29.6 Å². The van der Waals surface area contributed by atoms with Gasteiger partial charge >= 0.3 is 5.97 Å². The summed E-state index contributed by atoms with van der Waals surface area (Å²) in [5.41, 5.74) is 0.186. The van der Waals surface area contributed by atoms with E-state index in [0.29, 0.717) is 0 Å². The van der Waals surface area contributed by atoms with E-state index in [0.717, 1.165) is 31.9 Å². The maximum atomic E-state index is 13.7. The maximum absolute atomic E-state index is 13.7. The molecule has 1 aliphatic heterocycles. The molecular weight excluding hydrogens is 263 g/mol. The molecule has 2 N–H and O–H groups in total. The predicted octanol–water partition coefficient (Wildman–Crippen LogP) is 1.69. The van der Waals surface area contributed by atoms with Crippen LogP contribution in [0.1, 0.15) is 29.6 Å². The van der Waals surface area contributed by atoms with Crippen LogP contribution in [0.2, 0.25) is 0 Å². The van der Waals surface area contributed by atoms with Crippen LogP contribution in [-0.2, 0) is 9.53 Å². The van der Waals surface area contributed by atoms with Gasteiger partial charge in [0.15, 0.2) is 0 Å². The Morgan fingerprint density at radius 1 is 1.40 bits per heavy atom. The molecule has 1 amide bonds. The molecule has 0 bridgehead atoms. The second-order valence-corrected chi connectivity index (χ2v) is 4.68. The van der Waals surface area contributed by atoms with Gasteiger partial charge in [0.1, 0.15) is 5.82 Å². The molecule has 0 radical (unpaired) electrons. The Balaban J connectivity index is 2.11. The maximum Gasteiger partial charge on any atom is 0.337 e. The van der Waals surface area contributed by atoms with Gasteiger partial charge in [-0.2, -0.15) is 0 Å². The van der Waals surface area contributed by atoms with Gasteiger partial charge in [0.2, 0.25) is 5.91 Å². The summed E-state index contributed by atoms with van der Waals surface area (Å²) in [5.74, 6) is -1.44. The van der Waals surface area contributed by atoms with E-state index in [1.54, 1.807) is 0 Å². The lowest BCUT2D eigenvalue weighted by molar-refractivity contribution is -0.118. The van der Waals surface area contributed by atoms with Crippen molar-refractivity contribution in [2.75, 3.05) is 19.0 Å². The second-order valence-electron chi connectivity index (χ2n) is 4.68. The Bertz CT molecular complexity index is 513. The van der Waals surface area contributed by atoms with Crippen LogP contribution in [0.5, 0.6) is 0 Å². The Hall–Kier alpha value is -1.95. The van der Waals surface area contributed by atoms with Gasteiger partial charge in [-0.15, -0.1) is 0 Å². The molecule has 0 aliphatic carbocycles. The van der Waals surface area contributed by atoms with E-state index in [1.165, 1.54) is 19.2 Å². The number of ether oxygens (including phenoxy) is 1. The van der Waals surface area contributed by atoms with E-state index >= 15 is 0 Å². The molecule has 2 rings (SSSR count). The molecule has 0 saturated carbocycles. The van der Waals surface area contributed by atoms with Crippen LogP contribution in [0.4, 0.5) is 10.1 Å². The molecule has 1 atom stereocenters. The summed E-state index contributed by atoms with van der Waals surface area (Å²) in [6.45, 7) is 0.781. The number of nitrogens with one attached hydrogen (secondary N) is 2. The van der Waals surface area contributed by atoms with E-state index in [4.69, 9.17) is 0 Å². The van der Waals surface area contributed by atoms with E-state index < -0.39 is 11.8 Å². The summed E-state index contributed by atoms with van der Waals surface area (Å²) in [6.07, 6.45) is 2.73. The average molecular weight is 280 g/mol. The van der Waals surface area contributed by atoms with Gasteiger partial charge in [0, 0.05) is 0 Å². The third-order valence-corrected chi connectivity index (χ3v) is 3.27. The van der Waals surface area contributed by atoms with Crippen molar-refractivity contribution in [2.45, 2.75) is 25.3 Å². The number of methoxy groups -OCH3 is 1. The zero-order chi connectivity index (χ0) is 14.5. The van der Waals surface area contributed by atoms with Crippen LogP contribution in [0.25, 0.3) is 0 Å². The average Bonchev–Trinajstić information content (AvgIpc) is 2.49. The lowest BCUT2D eigenvalue weighted by Crippen LogP contribution is -2.43. The Labute approximate surface area is 116 Å². The smallest absolute Gasteiger partial charge is 0.337 e. The number of esters is 1. The minimum absolute atomic E-state index is 0.00901. The number of hydrogen-bond donors (Lipinski definition) is 2. The highest BCUT2D eigenvalue weighted by molar-refractivity contribution is 5.97. The molecule has 1 aliphatic rings. The monoisotopic (exact) mass is 280 g/mol. The van der Waals surface area contributed by atoms with Crippen LogP contribution < -0.4 is 10.6 Å². The first-order chi connectivity index (χ1) is 9.61. The molecule has 0 spiro atoms. The number of hydrogen-bond acceptors (Lipinski definition) is 4. The zero-order valence-electron chi connectivity index (χ0n) is 11.2. The summed E-state index contributed by atoms with van der Waals surface area (Å²) >= 11 is 0. The van der Waals surface area contributed by atoms with E-state index in [2.05, 4.69) is 15.4 Å². The molecule has 0 aromatic heterocycles. The lowest BCUT2D eigenvalue weighted by Gasteiger charge is -2.22. The first-order valence-corrected chi connectivity index (χ1v) is 6.54. The lowest BCUT2D eigenvalue weighted by atomic mass is 10.0. The van der Waals surface area contributed by atoms with Crippen LogP contribution in [0.15, 0.2) is 18.2 Å². The number of amides is 1. The first-order valence-electron chi connectivity index (χ1n) is 6.54. The minimum Gasteiger partial charge on any atom is -0.465 e. The molecular formula is C14H17FN2O3. The summed E-state index contributed by atoms with van der Waals surface area (Å²) < 4.78 is 18.2. The highest BCUT2D eigenvalue weighted by Gasteiger charge is 2.21. The molecule has 0 unspecified atom stereocenters. The molecule has 108 valence electrons. The van der Waals surface area contributed by atoms with Gasteiger partial charge in [0.05, 0.1) is 24.4 Å². The standard InChI is InChI=1S/C14H17FN2O3/c1-20-14(19)9-5-6-10(15)12(8-9)17-13(18)11-4-2-3-7-16-11/h5-6,8,11,16H,2-4,7H2,1H3,(H,17,18)/t11-/m1/s1. The molecule has 1 saturated heterocycles. The van der Waals surface area contributed by atoms with Gasteiger partial charge in [-0.25, -0.2) is 9.18 Å². The SMILES string of the molecule is COC(=O)c1ccc(F)c(NC(=O)[C@H]2CCCCN2)c1. The first kappa shape index (κ1) is 14.5. The zero-order valence-corrected chi connectivity index (χ0v) is 11.2. The molecule has 5 nitrogen and oxygen atoms in total. The van der Waals surface area contributed by atoms with Gasteiger partial charge in [-0.05, 0) is 37.6 Å². The Morgan fingerprint density at radius 3 is 2.85 bits per heavy atom. The number of carbonyl (C=O) groups excluding carboxylic acids is 2. The molecule has 1 aromatic carbocycles. The normalized spacial score (nSPS) is 18.4. The van der Waals surface area contributed by atoms with Crippen LogP contribution in [0, 0.1) is 5.82 Å². The van der Waals surface area contributed by atoms with Crippen molar-refractivity contribution in [3.63, 3.8) is 0 Å². The summed E-state index contributed by atoms with van der Waals surface area (Å²) in [7, 11) is 1.25. The fourth-order valence-electron chi connectivity index (χ4n) is 2.16. The Kier molecular flexibility index (Phi) is 4.68. The van der Waals surface area contributed by atoms with E-state index in [9.17, 15) is 14.0 Å². The molecule has 1 aromatic rings. The highest BCUT2D eigenvalue weighted by Crippen LogP contribution is 2.18. The van der Waals surface area contributed by atoms with Crippen molar-refractivity contribution < 1.29 is 18.7 Å². The molecule has 6 heteroatoms. The van der Waals surface area contributed by atoms with Gasteiger partial charge in [0.25, 0.3) is 0 Å². The predicted molar refractivity (Wildman–Crippen MR) is 72.0 cm³/mol. The fourth-order valence-corrected chi connectivity index (χ4v) is 2.16. The van der Waals surface area contributed by atoms with Crippen LogP contribution >= 0.6 is 0 Å². The Morgan fingerprint density at radius 2 is 2.20 bits per heavy atom. The van der Waals surface area contributed by atoms with E-state index in [1.807, 2.05) is 0 Å². The van der Waals surface area contributed by atoms with Crippen molar-refractivity contribution in [1.29, 1.82) is 0 Å². The second kappa shape index (κ2) is 6.47. The number of halogens is 1.